The minimum Gasteiger partial charge on any atom is -0.391 e. The molecule has 20 nitrogen and oxygen atoms in total. The first-order chi connectivity index (χ1) is 40.3. The van der Waals surface area contributed by atoms with E-state index in [1.165, 1.54) is 4.90 Å². The lowest BCUT2D eigenvalue weighted by Gasteiger charge is -2.37. The van der Waals surface area contributed by atoms with Crippen molar-refractivity contribution in [3.63, 3.8) is 0 Å². The topological polar surface area (TPSA) is 252 Å². The number of aromatic nitrogens is 2. The second-order valence-corrected chi connectivity index (χ2v) is 23.3. The van der Waals surface area contributed by atoms with Crippen molar-refractivity contribution in [2.75, 3.05) is 90.6 Å². The Kier molecular flexibility index (Phi) is 24.1. The number of H-pyrrole nitrogens is 1. The fourth-order valence-electron chi connectivity index (χ4n) is 10.5. The van der Waals surface area contributed by atoms with Crippen LogP contribution in [0.25, 0.3) is 21.6 Å². The number of hydrogen-bond donors (Lipinski definition) is 6. The Hall–Kier alpha value is -6.85. The van der Waals surface area contributed by atoms with Gasteiger partial charge in [-0.25, -0.2) is 4.98 Å². The molecule has 5 amide bonds. The van der Waals surface area contributed by atoms with Crippen molar-refractivity contribution in [1.82, 2.24) is 36.1 Å². The summed E-state index contributed by atoms with van der Waals surface area (Å²) >= 11 is 1.57. The van der Waals surface area contributed by atoms with E-state index in [1.807, 2.05) is 103 Å². The summed E-state index contributed by atoms with van der Waals surface area (Å²) in [4.78, 5) is 92.3. The zero-order valence-electron chi connectivity index (χ0n) is 49.9. The SMILES string of the molecule is CCN(c1cc(-c2ccc(C(=O)NCCOCCOCCOCCOCCC(=O)NC(C(=O)N3CC(O)CC3C(=O)NCc3ccc(-c4scnc4C)cc3)C(C)(C)C)cc2)cc(C(=O)NCc2c(C)cc(C)[nH]c2=O)c1C)C1CCOCC1. The summed E-state index contributed by atoms with van der Waals surface area (Å²) in [5.41, 5.74) is 10.3. The van der Waals surface area contributed by atoms with Crippen molar-refractivity contribution < 1.29 is 52.8 Å². The Labute approximate surface area is 496 Å². The van der Waals surface area contributed by atoms with Gasteiger partial charge in [0.25, 0.3) is 17.4 Å². The van der Waals surface area contributed by atoms with Crippen LogP contribution in [0.2, 0.25) is 0 Å². The Morgan fingerprint density at radius 2 is 1.44 bits per heavy atom. The van der Waals surface area contributed by atoms with Gasteiger partial charge in [-0.2, -0.15) is 0 Å². The van der Waals surface area contributed by atoms with Crippen LogP contribution in [-0.2, 0) is 51.2 Å². The maximum atomic E-state index is 14.0. The number of aliphatic hydroxyl groups is 1. The number of β-amino-alcohol motifs (C(OH)–C–C–N with tert-alkyl or cyclic N) is 1. The van der Waals surface area contributed by atoms with Gasteiger partial charge < -0.3 is 64.8 Å². The lowest BCUT2D eigenvalue weighted by atomic mass is 9.85. The number of likely N-dealkylation sites (tertiary alicyclic amines) is 1. The van der Waals surface area contributed by atoms with Crippen molar-refractivity contribution in [3.05, 3.63) is 127 Å². The molecule has 0 bridgehead atoms. The number of carbonyl (C=O) groups excluding carboxylic acids is 5. The number of aliphatic hydroxyl groups excluding tert-OH is 1. The van der Waals surface area contributed by atoms with Crippen LogP contribution in [0.3, 0.4) is 0 Å². The van der Waals surface area contributed by atoms with Crippen LogP contribution in [0.15, 0.2) is 77.0 Å². The van der Waals surface area contributed by atoms with Crippen molar-refractivity contribution in [2.24, 2.45) is 5.41 Å². The van der Waals surface area contributed by atoms with Gasteiger partial charge in [-0.3, -0.25) is 28.8 Å². The van der Waals surface area contributed by atoms with E-state index in [0.29, 0.717) is 62.9 Å². The molecule has 2 aliphatic rings. The molecule has 4 heterocycles. The largest absolute Gasteiger partial charge is 0.391 e. The van der Waals surface area contributed by atoms with Crippen LogP contribution < -0.4 is 31.7 Å². The molecule has 3 atom stereocenters. The molecule has 2 aromatic heterocycles. The number of anilines is 1. The molecular formula is C63H84N8O12S. The van der Waals surface area contributed by atoms with E-state index in [2.05, 4.69) is 49.1 Å². The van der Waals surface area contributed by atoms with Crippen molar-refractivity contribution in [2.45, 2.75) is 118 Å². The van der Waals surface area contributed by atoms with E-state index in [9.17, 15) is 33.9 Å². The number of aryl methyl sites for hydroxylation is 3. The number of hydrogen-bond acceptors (Lipinski definition) is 15. The summed E-state index contributed by atoms with van der Waals surface area (Å²) in [7, 11) is 0. The normalized spacial score (nSPS) is 15.8. The van der Waals surface area contributed by atoms with E-state index in [4.69, 9.17) is 23.7 Å². The quantitative estimate of drug-likeness (QED) is 0.0287. The summed E-state index contributed by atoms with van der Waals surface area (Å²) in [6, 6.07) is 19.4. The molecule has 0 spiro atoms. The second-order valence-electron chi connectivity index (χ2n) is 22.4. The average molecular weight is 1180 g/mol. The predicted molar refractivity (Wildman–Crippen MR) is 323 cm³/mol. The third-order valence-corrected chi connectivity index (χ3v) is 16.1. The molecule has 2 fully saturated rings. The minimum absolute atomic E-state index is 0.00634. The van der Waals surface area contributed by atoms with Gasteiger partial charge in [0.1, 0.15) is 12.1 Å². The number of carbonyl (C=O) groups is 5. The maximum Gasteiger partial charge on any atom is 0.253 e. The molecule has 0 radical (unpaired) electrons. The molecule has 2 aliphatic heterocycles. The summed E-state index contributed by atoms with van der Waals surface area (Å²) in [6.45, 7) is 20.2. The van der Waals surface area contributed by atoms with Crippen LogP contribution in [0.4, 0.5) is 5.69 Å². The highest BCUT2D eigenvalue weighted by atomic mass is 32.1. The summed E-state index contributed by atoms with van der Waals surface area (Å²) in [5.74, 6) is -1.72. The number of amides is 5. The lowest BCUT2D eigenvalue weighted by Crippen LogP contribution is -2.57. The first-order valence-corrected chi connectivity index (χ1v) is 29.9. The molecule has 6 N–H and O–H groups in total. The van der Waals surface area contributed by atoms with Gasteiger partial charge >= 0.3 is 0 Å². The minimum atomic E-state index is -0.948. The zero-order chi connectivity index (χ0) is 60.3. The number of aromatic amines is 1. The van der Waals surface area contributed by atoms with E-state index >= 15 is 0 Å². The second kappa shape index (κ2) is 31.3. The van der Waals surface area contributed by atoms with Crippen LogP contribution in [0.5, 0.6) is 0 Å². The highest BCUT2D eigenvalue weighted by molar-refractivity contribution is 7.13. The van der Waals surface area contributed by atoms with Gasteiger partial charge in [-0.15, -0.1) is 11.3 Å². The molecule has 7 rings (SSSR count). The lowest BCUT2D eigenvalue weighted by molar-refractivity contribution is -0.144. The highest BCUT2D eigenvalue weighted by Crippen LogP contribution is 2.35. The Balaban J connectivity index is 0.759. The Morgan fingerprint density at radius 1 is 0.798 bits per heavy atom. The number of rotatable bonds is 29. The summed E-state index contributed by atoms with van der Waals surface area (Å²) in [6.07, 6.45) is 0.977. The number of thiazole rings is 1. The fourth-order valence-corrected chi connectivity index (χ4v) is 11.3. The van der Waals surface area contributed by atoms with Crippen LogP contribution in [0.1, 0.15) is 108 Å². The van der Waals surface area contributed by atoms with Gasteiger partial charge in [0, 0.05) is 92.9 Å². The Morgan fingerprint density at radius 3 is 2.06 bits per heavy atom. The fraction of sp³-hybridized carbons (Fsp3) is 0.508. The Bertz CT molecular complexity index is 3060. The van der Waals surface area contributed by atoms with Gasteiger partial charge in [0.15, 0.2) is 0 Å². The van der Waals surface area contributed by atoms with Gasteiger partial charge in [-0.05, 0) is 117 Å². The summed E-state index contributed by atoms with van der Waals surface area (Å²) < 4.78 is 28.2. The first-order valence-electron chi connectivity index (χ1n) is 29.0. The number of pyridine rings is 1. The molecule has 5 aromatic rings. The smallest absolute Gasteiger partial charge is 0.253 e. The van der Waals surface area contributed by atoms with Gasteiger partial charge in [0.2, 0.25) is 17.7 Å². The average Bonchev–Trinajstić information content (AvgIpc) is 2.94. The van der Waals surface area contributed by atoms with Crippen molar-refractivity contribution >= 4 is 46.6 Å². The zero-order valence-corrected chi connectivity index (χ0v) is 50.7. The van der Waals surface area contributed by atoms with E-state index in [1.54, 1.807) is 23.5 Å². The first kappa shape index (κ1) is 64.7. The number of benzene rings is 3. The van der Waals surface area contributed by atoms with Crippen LogP contribution in [0, 0.1) is 33.1 Å². The molecule has 21 heteroatoms. The van der Waals surface area contributed by atoms with E-state index < -0.39 is 29.5 Å². The third-order valence-electron chi connectivity index (χ3n) is 15.1. The van der Waals surface area contributed by atoms with Crippen molar-refractivity contribution in [1.29, 1.82) is 0 Å². The number of nitrogens with one attached hydrogen (secondary N) is 5. The highest BCUT2D eigenvalue weighted by Gasteiger charge is 2.44. The molecule has 3 unspecified atom stereocenters. The van der Waals surface area contributed by atoms with Gasteiger partial charge in [0.05, 0.1) is 75.0 Å². The number of ether oxygens (including phenoxy) is 5. The van der Waals surface area contributed by atoms with Crippen molar-refractivity contribution in [3.8, 4) is 21.6 Å². The molecular weight excluding hydrogens is 1090 g/mol. The third kappa shape index (κ3) is 18.1. The maximum absolute atomic E-state index is 14.0. The van der Waals surface area contributed by atoms with E-state index in [-0.39, 0.29) is 94.1 Å². The molecule has 3 aromatic carbocycles. The van der Waals surface area contributed by atoms with Gasteiger partial charge in [-0.1, -0.05) is 57.2 Å². The molecule has 454 valence electrons. The number of nitrogens with zero attached hydrogens (tertiary/aromatic N) is 3. The molecule has 0 aliphatic carbocycles. The van der Waals surface area contributed by atoms with Crippen LogP contribution >= 0.6 is 11.3 Å². The monoisotopic (exact) mass is 1180 g/mol. The standard InChI is InChI=1S/C63H84N8O12S/c1-9-70(49-18-22-79-23-19-49)53-34-48(33-51(42(53)4)59(75)66-37-52-40(2)32-41(3)68-60(52)76)45-14-16-47(17-15-45)58(74)64-21-25-81-27-29-83-31-30-82-28-26-80-24-20-55(73)69-57(63(6,7)8)62(78)71-38-50(72)35-54(71)61(77)65-36-44-10-12-46(13-11-44)56-43(5)67-39-84-56/h10-17,32-34,39,49-50,54,57,72H,9,18-31,35-38H2,1-8H3,(H,64,74)(H,65,77)(H,66,75)(H,68,76)(H,69,73). The summed E-state index contributed by atoms with van der Waals surface area (Å²) in [5, 5.41) is 22.3. The van der Waals surface area contributed by atoms with E-state index in [0.717, 1.165) is 74.7 Å². The molecule has 0 saturated carbocycles. The van der Waals surface area contributed by atoms with Crippen LogP contribution in [-0.4, -0.2) is 159 Å². The molecule has 2 saturated heterocycles. The predicted octanol–water partition coefficient (Wildman–Crippen LogP) is 6.33. The molecule has 84 heavy (non-hydrogen) atoms.